The van der Waals surface area contributed by atoms with Gasteiger partial charge in [0.25, 0.3) is 0 Å². The number of rotatable bonds is 6. The van der Waals surface area contributed by atoms with E-state index in [1.807, 2.05) is 12.1 Å². The number of aromatic nitrogens is 1. The van der Waals surface area contributed by atoms with Gasteiger partial charge in [0.2, 0.25) is 0 Å². The SMILES string of the molecule is COCC(O)CCNc1cccc(Cl)n1. The number of hydrogen-bond donors (Lipinski definition) is 2. The minimum Gasteiger partial charge on any atom is -0.391 e. The molecule has 84 valence electrons. The van der Waals surface area contributed by atoms with Gasteiger partial charge in [0.1, 0.15) is 11.0 Å². The van der Waals surface area contributed by atoms with Crippen molar-refractivity contribution in [3.63, 3.8) is 0 Å². The maximum absolute atomic E-state index is 9.37. The Kier molecular flexibility index (Phi) is 5.39. The fraction of sp³-hybridized carbons (Fsp3) is 0.500. The van der Waals surface area contributed by atoms with Crippen LogP contribution in [0.25, 0.3) is 0 Å². The number of methoxy groups -OCH3 is 1. The Morgan fingerprint density at radius 1 is 1.60 bits per heavy atom. The molecular formula is C10H15ClN2O2. The highest BCUT2D eigenvalue weighted by Crippen LogP contribution is 2.09. The van der Waals surface area contributed by atoms with Crippen LogP contribution in [0.4, 0.5) is 5.82 Å². The molecule has 1 aromatic rings. The Hall–Kier alpha value is -0.840. The van der Waals surface area contributed by atoms with Crippen LogP contribution in [-0.2, 0) is 4.74 Å². The Morgan fingerprint density at radius 3 is 3.07 bits per heavy atom. The second-order valence-corrected chi connectivity index (χ2v) is 3.56. The first kappa shape index (κ1) is 12.2. The van der Waals surface area contributed by atoms with Gasteiger partial charge in [-0.2, -0.15) is 0 Å². The molecule has 2 N–H and O–H groups in total. The van der Waals surface area contributed by atoms with E-state index in [1.54, 1.807) is 13.2 Å². The van der Waals surface area contributed by atoms with E-state index in [-0.39, 0.29) is 0 Å². The first-order valence-electron chi connectivity index (χ1n) is 4.76. The smallest absolute Gasteiger partial charge is 0.131 e. The topological polar surface area (TPSA) is 54.4 Å². The zero-order valence-corrected chi connectivity index (χ0v) is 9.37. The zero-order valence-electron chi connectivity index (χ0n) is 8.61. The van der Waals surface area contributed by atoms with Crippen molar-refractivity contribution >= 4 is 17.4 Å². The van der Waals surface area contributed by atoms with Gasteiger partial charge in [0.15, 0.2) is 0 Å². The molecule has 0 fully saturated rings. The predicted octanol–water partition coefficient (Wildman–Crippen LogP) is 1.54. The van der Waals surface area contributed by atoms with Crippen LogP contribution in [0.2, 0.25) is 5.15 Å². The second kappa shape index (κ2) is 6.61. The molecule has 0 aliphatic heterocycles. The summed E-state index contributed by atoms with van der Waals surface area (Å²) in [5.74, 6) is 0.715. The van der Waals surface area contributed by atoms with E-state index in [1.165, 1.54) is 0 Å². The second-order valence-electron chi connectivity index (χ2n) is 3.17. The van der Waals surface area contributed by atoms with Crippen LogP contribution in [0.1, 0.15) is 6.42 Å². The number of aliphatic hydroxyl groups is 1. The van der Waals surface area contributed by atoms with Crippen molar-refractivity contribution in [3.8, 4) is 0 Å². The highest BCUT2D eigenvalue weighted by atomic mass is 35.5. The number of nitrogens with one attached hydrogen (secondary N) is 1. The number of aliphatic hydroxyl groups excluding tert-OH is 1. The third kappa shape index (κ3) is 4.97. The molecule has 0 amide bonds. The summed E-state index contributed by atoms with van der Waals surface area (Å²) < 4.78 is 4.81. The van der Waals surface area contributed by atoms with Crippen molar-refractivity contribution in [2.45, 2.75) is 12.5 Å². The summed E-state index contributed by atoms with van der Waals surface area (Å²) >= 11 is 5.72. The molecule has 15 heavy (non-hydrogen) atoms. The molecule has 0 aromatic carbocycles. The lowest BCUT2D eigenvalue weighted by Gasteiger charge is -2.10. The third-order valence-corrected chi connectivity index (χ3v) is 2.07. The summed E-state index contributed by atoms with van der Waals surface area (Å²) in [5, 5.41) is 12.9. The first-order chi connectivity index (χ1) is 7.22. The maximum Gasteiger partial charge on any atom is 0.131 e. The molecule has 1 atom stereocenters. The monoisotopic (exact) mass is 230 g/mol. The average molecular weight is 231 g/mol. The Labute approximate surface area is 94.2 Å². The van der Waals surface area contributed by atoms with Crippen LogP contribution in [0.3, 0.4) is 0 Å². The lowest BCUT2D eigenvalue weighted by molar-refractivity contribution is 0.0615. The molecule has 1 heterocycles. The molecule has 5 heteroatoms. The van der Waals surface area contributed by atoms with E-state index in [9.17, 15) is 5.11 Å². The number of halogens is 1. The summed E-state index contributed by atoms with van der Waals surface area (Å²) in [6, 6.07) is 5.37. The van der Waals surface area contributed by atoms with Crippen LogP contribution in [0.15, 0.2) is 18.2 Å². The molecule has 0 aliphatic carbocycles. The number of ether oxygens (including phenoxy) is 1. The van der Waals surface area contributed by atoms with Crippen molar-refractivity contribution in [2.75, 3.05) is 25.6 Å². The van der Waals surface area contributed by atoms with Gasteiger partial charge < -0.3 is 15.2 Å². The number of anilines is 1. The molecule has 0 spiro atoms. The minimum absolute atomic E-state index is 0.352. The van der Waals surface area contributed by atoms with E-state index in [2.05, 4.69) is 10.3 Å². The Balaban J connectivity index is 2.25. The summed E-state index contributed by atoms with van der Waals surface area (Å²) in [6.45, 7) is 0.989. The average Bonchev–Trinajstić information content (AvgIpc) is 2.18. The molecule has 0 bridgehead atoms. The van der Waals surface area contributed by atoms with Crippen LogP contribution in [0, 0.1) is 0 Å². The van der Waals surface area contributed by atoms with E-state index < -0.39 is 6.10 Å². The number of hydrogen-bond acceptors (Lipinski definition) is 4. The summed E-state index contributed by atoms with van der Waals surface area (Å²) in [7, 11) is 1.56. The van der Waals surface area contributed by atoms with Crippen LogP contribution < -0.4 is 5.32 Å². The molecule has 0 aliphatic rings. The van der Waals surface area contributed by atoms with E-state index in [0.717, 1.165) is 0 Å². The minimum atomic E-state index is -0.443. The standard InChI is InChI=1S/C10H15ClN2O2/c1-15-7-8(14)5-6-12-10-4-2-3-9(11)13-10/h2-4,8,14H,5-7H2,1H3,(H,12,13). The van der Waals surface area contributed by atoms with Crippen LogP contribution >= 0.6 is 11.6 Å². The predicted molar refractivity (Wildman–Crippen MR) is 60.2 cm³/mol. The lowest BCUT2D eigenvalue weighted by atomic mass is 10.2. The quantitative estimate of drug-likeness (QED) is 0.728. The van der Waals surface area contributed by atoms with E-state index in [0.29, 0.717) is 30.5 Å². The Morgan fingerprint density at radius 2 is 2.40 bits per heavy atom. The van der Waals surface area contributed by atoms with Crippen molar-refractivity contribution in [1.29, 1.82) is 0 Å². The summed E-state index contributed by atoms with van der Waals surface area (Å²) in [5.41, 5.74) is 0. The normalized spacial score (nSPS) is 12.5. The molecular weight excluding hydrogens is 216 g/mol. The lowest BCUT2D eigenvalue weighted by Crippen LogP contribution is -2.18. The number of nitrogens with zero attached hydrogens (tertiary/aromatic N) is 1. The largest absolute Gasteiger partial charge is 0.391 e. The number of pyridine rings is 1. The van der Waals surface area contributed by atoms with E-state index in [4.69, 9.17) is 16.3 Å². The molecule has 0 saturated carbocycles. The third-order valence-electron chi connectivity index (χ3n) is 1.86. The van der Waals surface area contributed by atoms with Crippen LogP contribution in [0.5, 0.6) is 0 Å². The van der Waals surface area contributed by atoms with Crippen molar-refractivity contribution in [2.24, 2.45) is 0 Å². The van der Waals surface area contributed by atoms with Crippen molar-refractivity contribution < 1.29 is 9.84 Å². The molecule has 0 radical (unpaired) electrons. The van der Waals surface area contributed by atoms with Gasteiger partial charge in [-0.05, 0) is 18.6 Å². The van der Waals surface area contributed by atoms with Gasteiger partial charge in [-0.3, -0.25) is 0 Å². The van der Waals surface area contributed by atoms with Gasteiger partial charge in [0, 0.05) is 13.7 Å². The highest BCUT2D eigenvalue weighted by molar-refractivity contribution is 6.29. The molecule has 0 saturated heterocycles. The van der Waals surface area contributed by atoms with Crippen molar-refractivity contribution in [3.05, 3.63) is 23.4 Å². The first-order valence-corrected chi connectivity index (χ1v) is 5.13. The molecule has 1 unspecified atom stereocenters. The van der Waals surface area contributed by atoms with E-state index >= 15 is 0 Å². The van der Waals surface area contributed by atoms with Gasteiger partial charge in [0.05, 0.1) is 12.7 Å². The summed E-state index contributed by atoms with van der Waals surface area (Å²) in [6.07, 6.45) is 0.170. The molecule has 4 nitrogen and oxygen atoms in total. The van der Waals surface area contributed by atoms with Crippen molar-refractivity contribution in [1.82, 2.24) is 4.98 Å². The van der Waals surface area contributed by atoms with Crippen LogP contribution in [-0.4, -0.2) is 36.5 Å². The fourth-order valence-corrected chi connectivity index (χ4v) is 1.31. The fourth-order valence-electron chi connectivity index (χ4n) is 1.15. The maximum atomic E-state index is 9.37. The molecule has 1 rings (SSSR count). The summed E-state index contributed by atoms with van der Waals surface area (Å²) in [4.78, 5) is 4.06. The zero-order chi connectivity index (χ0) is 11.1. The Bertz CT molecular complexity index is 297. The highest BCUT2D eigenvalue weighted by Gasteiger charge is 2.02. The molecule has 1 aromatic heterocycles. The van der Waals surface area contributed by atoms with Gasteiger partial charge in [-0.25, -0.2) is 4.98 Å². The van der Waals surface area contributed by atoms with Gasteiger partial charge in [-0.1, -0.05) is 17.7 Å². The van der Waals surface area contributed by atoms with Gasteiger partial charge >= 0.3 is 0 Å². The van der Waals surface area contributed by atoms with Gasteiger partial charge in [-0.15, -0.1) is 0 Å².